The molecule has 154 valence electrons. The smallest absolute Gasteiger partial charge is 0.481 e. The lowest BCUT2D eigenvalue weighted by Crippen LogP contribution is -2.26. The van der Waals surface area contributed by atoms with Gasteiger partial charge in [-0.15, -0.1) is 26.3 Å². The summed E-state index contributed by atoms with van der Waals surface area (Å²) in [7, 11) is 0. The van der Waals surface area contributed by atoms with Crippen LogP contribution < -0.4 is 15.2 Å². The third-order valence-electron chi connectivity index (χ3n) is 3.81. The van der Waals surface area contributed by atoms with Gasteiger partial charge in [-0.1, -0.05) is 19.4 Å². The van der Waals surface area contributed by atoms with Gasteiger partial charge in [-0.25, -0.2) is 0 Å². The van der Waals surface area contributed by atoms with Crippen LogP contribution in [-0.2, 0) is 11.2 Å². The lowest BCUT2D eigenvalue weighted by Gasteiger charge is -2.20. The quantitative estimate of drug-likeness (QED) is 0.607. The summed E-state index contributed by atoms with van der Waals surface area (Å²) in [5, 5.41) is 9.05. The maximum atomic E-state index is 12.5. The van der Waals surface area contributed by atoms with Crippen LogP contribution in [0.1, 0.15) is 25.3 Å². The van der Waals surface area contributed by atoms with Crippen LogP contribution >= 0.6 is 0 Å². The number of carboxylic acid groups (broad SMARTS) is 1. The van der Waals surface area contributed by atoms with E-state index in [-0.39, 0.29) is 30.9 Å². The summed E-state index contributed by atoms with van der Waals surface area (Å²) in [5.74, 6) is -4.41. The fourth-order valence-electron chi connectivity index (χ4n) is 2.52. The topological polar surface area (TPSA) is 81.8 Å². The van der Waals surface area contributed by atoms with Crippen molar-refractivity contribution < 1.29 is 45.7 Å². The van der Waals surface area contributed by atoms with Crippen molar-refractivity contribution in [3.63, 3.8) is 0 Å². The van der Waals surface area contributed by atoms with Crippen molar-refractivity contribution in [1.82, 2.24) is 0 Å². The first-order chi connectivity index (χ1) is 12.3. The number of rotatable bonds is 9. The van der Waals surface area contributed by atoms with Gasteiger partial charge in [0.15, 0.2) is 11.5 Å². The Bertz CT molecular complexity index is 632. The van der Waals surface area contributed by atoms with Crippen molar-refractivity contribution in [2.45, 2.75) is 38.9 Å². The predicted octanol–water partition coefficient (Wildman–Crippen LogP) is 4.10. The first kappa shape index (κ1) is 22.9. The molecule has 3 N–H and O–H groups in total. The second kappa shape index (κ2) is 9.16. The minimum Gasteiger partial charge on any atom is -0.481 e. The van der Waals surface area contributed by atoms with Crippen LogP contribution in [0.15, 0.2) is 18.2 Å². The SMILES string of the molecule is CCC(Cc1ccc(OC(F)(F)F)c(OC(F)(F)F)c1)CC(CN)C(=O)O. The van der Waals surface area contributed by atoms with Crippen LogP contribution in [0.2, 0.25) is 0 Å². The Hall–Kier alpha value is -2.17. The van der Waals surface area contributed by atoms with Crippen molar-refractivity contribution in [2.24, 2.45) is 17.6 Å². The van der Waals surface area contributed by atoms with Gasteiger partial charge < -0.3 is 20.3 Å². The number of alkyl halides is 6. The molecule has 0 aliphatic heterocycles. The third-order valence-corrected chi connectivity index (χ3v) is 3.81. The lowest BCUT2D eigenvalue weighted by molar-refractivity contribution is -0.287. The zero-order chi connectivity index (χ0) is 20.8. The van der Waals surface area contributed by atoms with Gasteiger partial charge in [0.1, 0.15) is 0 Å². The maximum absolute atomic E-state index is 12.5. The van der Waals surface area contributed by atoms with Crippen LogP contribution in [0, 0.1) is 11.8 Å². The number of hydrogen-bond acceptors (Lipinski definition) is 4. The van der Waals surface area contributed by atoms with Crippen LogP contribution in [0.5, 0.6) is 11.5 Å². The minimum absolute atomic E-state index is 0.105. The predicted molar refractivity (Wildman–Crippen MR) is 82.1 cm³/mol. The molecule has 2 unspecified atom stereocenters. The van der Waals surface area contributed by atoms with Gasteiger partial charge in [-0.2, -0.15) is 0 Å². The highest BCUT2D eigenvalue weighted by molar-refractivity contribution is 5.70. The molecule has 2 atom stereocenters. The van der Waals surface area contributed by atoms with Gasteiger partial charge in [0.2, 0.25) is 0 Å². The molecule has 0 saturated carbocycles. The van der Waals surface area contributed by atoms with E-state index in [1.54, 1.807) is 6.92 Å². The minimum atomic E-state index is -5.21. The summed E-state index contributed by atoms with van der Waals surface area (Å²) < 4.78 is 81.7. The molecule has 1 rings (SSSR count). The maximum Gasteiger partial charge on any atom is 0.573 e. The molecular formula is C16H19F6NO4. The van der Waals surface area contributed by atoms with Crippen molar-refractivity contribution in [3.8, 4) is 11.5 Å². The van der Waals surface area contributed by atoms with Crippen LogP contribution in [-0.4, -0.2) is 30.3 Å². The van der Waals surface area contributed by atoms with Crippen LogP contribution in [0.3, 0.4) is 0 Å². The molecule has 11 heteroatoms. The van der Waals surface area contributed by atoms with E-state index >= 15 is 0 Å². The number of aliphatic carboxylic acids is 1. The van der Waals surface area contributed by atoms with Crippen molar-refractivity contribution in [3.05, 3.63) is 23.8 Å². The number of carboxylic acids is 1. The summed E-state index contributed by atoms with van der Waals surface area (Å²) >= 11 is 0. The lowest BCUT2D eigenvalue weighted by atomic mass is 9.87. The van der Waals surface area contributed by atoms with Gasteiger partial charge in [0, 0.05) is 6.54 Å². The van der Waals surface area contributed by atoms with E-state index in [9.17, 15) is 31.1 Å². The zero-order valence-corrected chi connectivity index (χ0v) is 14.2. The van der Waals surface area contributed by atoms with Crippen molar-refractivity contribution in [2.75, 3.05) is 6.54 Å². The standard InChI is InChI=1S/C16H19F6NO4/c1-2-9(6-11(8-23)14(24)25)5-10-3-4-12(26-15(17,18)19)13(7-10)27-16(20,21)22/h3-4,7,9,11H,2,5-6,8,23H2,1H3,(H,24,25). The fraction of sp³-hybridized carbons (Fsp3) is 0.562. The van der Waals surface area contributed by atoms with E-state index in [1.807, 2.05) is 0 Å². The van der Waals surface area contributed by atoms with Crippen LogP contribution in [0.4, 0.5) is 26.3 Å². The molecule has 0 aromatic heterocycles. The summed E-state index contributed by atoms with van der Waals surface area (Å²) in [4.78, 5) is 11.1. The second-order valence-corrected chi connectivity index (χ2v) is 5.86. The molecule has 0 fully saturated rings. The normalized spacial score (nSPS) is 14.5. The molecule has 0 heterocycles. The van der Waals surface area contributed by atoms with Crippen molar-refractivity contribution in [1.29, 1.82) is 0 Å². The number of ether oxygens (including phenoxy) is 2. The molecule has 1 aromatic carbocycles. The number of nitrogens with two attached hydrogens (primary N) is 1. The molecule has 0 bridgehead atoms. The monoisotopic (exact) mass is 403 g/mol. The molecule has 5 nitrogen and oxygen atoms in total. The zero-order valence-electron chi connectivity index (χ0n) is 14.2. The van der Waals surface area contributed by atoms with Gasteiger partial charge in [-0.3, -0.25) is 4.79 Å². The number of hydrogen-bond donors (Lipinski definition) is 2. The Balaban J connectivity index is 3.06. The fourth-order valence-corrected chi connectivity index (χ4v) is 2.52. The van der Waals surface area contributed by atoms with Crippen LogP contribution in [0.25, 0.3) is 0 Å². The Morgan fingerprint density at radius 1 is 1.11 bits per heavy atom. The summed E-state index contributed by atoms with van der Waals surface area (Å²) in [5.41, 5.74) is 5.64. The van der Waals surface area contributed by atoms with E-state index in [4.69, 9.17) is 10.8 Å². The van der Waals surface area contributed by atoms with E-state index in [0.29, 0.717) is 6.42 Å². The first-order valence-electron chi connectivity index (χ1n) is 7.91. The Kier molecular flexibility index (Phi) is 7.76. The average Bonchev–Trinajstić information content (AvgIpc) is 2.50. The van der Waals surface area contributed by atoms with Gasteiger partial charge in [-0.05, 0) is 36.5 Å². The molecule has 0 radical (unpaired) electrons. The van der Waals surface area contributed by atoms with E-state index in [0.717, 1.165) is 12.1 Å². The Labute approximate surface area is 151 Å². The first-order valence-corrected chi connectivity index (χ1v) is 7.91. The molecule has 0 spiro atoms. The van der Waals surface area contributed by atoms with E-state index in [1.165, 1.54) is 6.07 Å². The second-order valence-electron chi connectivity index (χ2n) is 5.86. The van der Waals surface area contributed by atoms with Crippen molar-refractivity contribution >= 4 is 5.97 Å². The molecule has 0 aliphatic carbocycles. The number of benzene rings is 1. The van der Waals surface area contributed by atoms with Gasteiger partial charge >= 0.3 is 18.7 Å². The van der Waals surface area contributed by atoms with Gasteiger partial charge in [0.25, 0.3) is 0 Å². The van der Waals surface area contributed by atoms with E-state index < -0.39 is 36.1 Å². The molecule has 27 heavy (non-hydrogen) atoms. The summed E-state index contributed by atoms with van der Waals surface area (Å²) in [6.45, 7) is 1.65. The average molecular weight is 403 g/mol. The highest BCUT2D eigenvalue weighted by Gasteiger charge is 2.36. The molecular weight excluding hydrogens is 384 g/mol. The molecule has 1 aromatic rings. The molecule has 0 saturated heterocycles. The summed E-state index contributed by atoms with van der Waals surface area (Å²) in [6, 6.07) is 2.70. The summed E-state index contributed by atoms with van der Waals surface area (Å²) in [6.07, 6.45) is -9.58. The highest BCUT2D eigenvalue weighted by atomic mass is 19.4. The third kappa shape index (κ3) is 8.37. The highest BCUT2D eigenvalue weighted by Crippen LogP contribution is 2.37. The number of carbonyl (C=O) groups is 1. The Morgan fingerprint density at radius 2 is 1.67 bits per heavy atom. The van der Waals surface area contributed by atoms with Gasteiger partial charge in [0.05, 0.1) is 5.92 Å². The largest absolute Gasteiger partial charge is 0.573 e. The molecule has 0 aliphatic rings. The molecule has 0 amide bonds. The Morgan fingerprint density at radius 3 is 2.11 bits per heavy atom. The van der Waals surface area contributed by atoms with E-state index in [2.05, 4.69) is 9.47 Å². The number of halogens is 6.